The van der Waals surface area contributed by atoms with Crippen molar-refractivity contribution >= 4 is 5.97 Å². The van der Waals surface area contributed by atoms with Crippen molar-refractivity contribution < 1.29 is 14.3 Å². The molecule has 10 atom stereocenters. The van der Waals surface area contributed by atoms with Crippen LogP contribution in [0.25, 0.3) is 0 Å². The van der Waals surface area contributed by atoms with Gasteiger partial charge in [0.2, 0.25) is 0 Å². The predicted molar refractivity (Wildman–Crippen MR) is 87.9 cm³/mol. The van der Waals surface area contributed by atoms with Gasteiger partial charge in [0, 0.05) is 0 Å². The molecule has 0 aromatic heterocycles. The van der Waals surface area contributed by atoms with E-state index in [-0.39, 0.29) is 18.0 Å². The second-order valence-electron chi connectivity index (χ2n) is 8.78. The van der Waals surface area contributed by atoms with Crippen LogP contribution in [-0.2, 0) is 14.3 Å². The van der Waals surface area contributed by atoms with Crippen LogP contribution in [0.4, 0.5) is 0 Å². The van der Waals surface area contributed by atoms with Gasteiger partial charge >= 0.3 is 5.97 Å². The Kier molecular flexibility index (Phi) is 2.68. The maximum absolute atomic E-state index is 12.9. The van der Waals surface area contributed by atoms with Crippen LogP contribution >= 0.6 is 0 Å². The summed E-state index contributed by atoms with van der Waals surface area (Å²) < 4.78 is 11.8. The summed E-state index contributed by atoms with van der Waals surface area (Å²) in [5, 5.41) is 0. The fourth-order valence-corrected chi connectivity index (χ4v) is 7.17. The number of carbonyl (C=O) groups excluding carboxylic acids is 1. The average molecular weight is 324 g/mol. The van der Waals surface area contributed by atoms with Crippen LogP contribution in [0.1, 0.15) is 37.9 Å². The highest BCUT2D eigenvalue weighted by Crippen LogP contribution is 2.73. The molecule has 5 fully saturated rings. The molecular weight excluding hydrogens is 300 g/mol. The largest absolute Gasteiger partial charge is 0.458 e. The Morgan fingerprint density at radius 1 is 1.04 bits per heavy atom. The van der Waals surface area contributed by atoms with Gasteiger partial charge in [-0.2, -0.15) is 0 Å². The van der Waals surface area contributed by atoms with Crippen molar-refractivity contribution in [1.82, 2.24) is 0 Å². The van der Waals surface area contributed by atoms with Crippen molar-refractivity contribution in [3.63, 3.8) is 0 Å². The minimum absolute atomic E-state index is 0.0494. The Labute approximate surface area is 142 Å². The van der Waals surface area contributed by atoms with Crippen molar-refractivity contribution in [2.75, 3.05) is 0 Å². The van der Waals surface area contributed by atoms with E-state index in [9.17, 15) is 4.79 Å². The first-order valence-electron chi connectivity index (χ1n) is 9.63. The van der Waals surface area contributed by atoms with E-state index >= 15 is 0 Å². The molecule has 4 saturated carbocycles. The van der Waals surface area contributed by atoms with Gasteiger partial charge in [0.05, 0.1) is 18.1 Å². The van der Waals surface area contributed by atoms with Crippen LogP contribution in [0.5, 0.6) is 0 Å². The van der Waals surface area contributed by atoms with E-state index in [1.807, 2.05) is 37.3 Å². The minimum Gasteiger partial charge on any atom is -0.458 e. The number of rotatable bonds is 3. The van der Waals surface area contributed by atoms with Crippen LogP contribution in [-0.4, -0.2) is 18.2 Å². The number of ether oxygens (including phenoxy) is 2. The van der Waals surface area contributed by atoms with E-state index in [0.29, 0.717) is 18.1 Å². The van der Waals surface area contributed by atoms with Crippen molar-refractivity contribution in [2.24, 2.45) is 41.4 Å². The molecule has 1 aliphatic heterocycles. The molecule has 4 aliphatic carbocycles. The molecule has 4 bridgehead atoms. The van der Waals surface area contributed by atoms with Gasteiger partial charge in [-0.1, -0.05) is 30.3 Å². The maximum Gasteiger partial charge on any atom is 0.309 e. The fraction of sp³-hybridized carbons (Fsp3) is 0.667. The molecule has 1 heterocycles. The first kappa shape index (κ1) is 13.9. The molecule has 3 nitrogen and oxygen atoms in total. The van der Waals surface area contributed by atoms with E-state index in [1.54, 1.807) is 0 Å². The molecular formula is C21H24O3. The van der Waals surface area contributed by atoms with Gasteiger partial charge in [-0.05, 0) is 67.3 Å². The fourth-order valence-electron chi connectivity index (χ4n) is 7.17. The van der Waals surface area contributed by atoms with Gasteiger partial charge in [0.25, 0.3) is 0 Å². The zero-order valence-corrected chi connectivity index (χ0v) is 14.0. The molecule has 10 unspecified atom stereocenters. The lowest BCUT2D eigenvalue weighted by Crippen LogP contribution is -2.38. The number of hydrogen-bond donors (Lipinski definition) is 0. The molecule has 0 radical (unpaired) electrons. The lowest BCUT2D eigenvalue weighted by Gasteiger charge is -2.36. The van der Waals surface area contributed by atoms with E-state index < -0.39 is 0 Å². The molecule has 1 aromatic rings. The average Bonchev–Trinajstić information content (AvgIpc) is 2.95. The molecule has 5 aliphatic rings. The zero-order valence-electron chi connectivity index (χ0n) is 14.0. The van der Waals surface area contributed by atoms with Crippen molar-refractivity contribution in [3.8, 4) is 0 Å². The Balaban J connectivity index is 1.19. The van der Waals surface area contributed by atoms with Crippen molar-refractivity contribution in [2.45, 2.75) is 44.5 Å². The Bertz CT molecular complexity index is 686. The minimum atomic E-state index is -0.148. The SMILES string of the molecule is CC(OC(=O)C1CC2CC1C1C3CC(C4OC34)C21)c1ccccc1. The molecule has 0 spiro atoms. The molecule has 0 N–H and O–H groups in total. The van der Waals surface area contributed by atoms with Crippen LogP contribution < -0.4 is 0 Å². The summed E-state index contributed by atoms with van der Waals surface area (Å²) >= 11 is 0. The molecule has 1 aromatic carbocycles. The third-order valence-corrected chi connectivity index (χ3v) is 7.93. The van der Waals surface area contributed by atoms with Crippen molar-refractivity contribution in [1.29, 1.82) is 0 Å². The number of benzene rings is 1. The second kappa shape index (κ2) is 4.63. The van der Waals surface area contributed by atoms with Gasteiger partial charge in [-0.25, -0.2) is 0 Å². The number of epoxide rings is 1. The molecule has 24 heavy (non-hydrogen) atoms. The van der Waals surface area contributed by atoms with Crippen LogP contribution in [0, 0.1) is 41.4 Å². The van der Waals surface area contributed by atoms with E-state index in [2.05, 4.69) is 0 Å². The summed E-state index contributed by atoms with van der Waals surface area (Å²) in [6.07, 6.45) is 4.70. The third-order valence-electron chi connectivity index (χ3n) is 7.93. The summed E-state index contributed by atoms with van der Waals surface area (Å²) in [6.45, 7) is 1.99. The smallest absolute Gasteiger partial charge is 0.309 e. The zero-order chi connectivity index (χ0) is 16.0. The highest BCUT2D eigenvalue weighted by atomic mass is 16.6. The standard InChI is InChI=1S/C21H24O3/c1-10(11-5-3-2-4-6-11)23-21(22)14-8-12-7-13(14)18-16-9-15(17(12)18)19-20(16)24-19/h2-6,10,12-20H,7-9H2,1H3. The number of fused-ring (bicyclic) bond motifs is 12. The van der Waals surface area contributed by atoms with Crippen LogP contribution in [0.15, 0.2) is 30.3 Å². The van der Waals surface area contributed by atoms with Gasteiger partial charge in [-0.15, -0.1) is 0 Å². The normalized spacial score (nSPS) is 50.5. The lowest BCUT2D eigenvalue weighted by molar-refractivity contribution is -0.157. The maximum atomic E-state index is 12.9. The molecule has 6 rings (SSSR count). The van der Waals surface area contributed by atoms with Gasteiger partial charge < -0.3 is 9.47 Å². The summed E-state index contributed by atoms with van der Waals surface area (Å²) in [5.41, 5.74) is 1.08. The van der Waals surface area contributed by atoms with E-state index in [4.69, 9.17) is 9.47 Å². The Morgan fingerprint density at radius 2 is 1.79 bits per heavy atom. The lowest BCUT2D eigenvalue weighted by atomic mass is 9.67. The van der Waals surface area contributed by atoms with Crippen LogP contribution in [0.2, 0.25) is 0 Å². The third kappa shape index (κ3) is 1.69. The van der Waals surface area contributed by atoms with Gasteiger partial charge in [0.1, 0.15) is 6.10 Å². The topological polar surface area (TPSA) is 38.8 Å². The van der Waals surface area contributed by atoms with E-state index in [0.717, 1.165) is 41.6 Å². The summed E-state index contributed by atoms with van der Waals surface area (Å²) in [4.78, 5) is 12.9. The second-order valence-corrected chi connectivity index (χ2v) is 8.78. The molecule has 0 amide bonds. The number of esters is 1. The summed E-state index contributed by atoms with van der Waals surface area (Å²) in [6, 6.07) is 10.1. The van der Waals surface area contributed by atoms with Crippen LogP contribution in [0.3, 0.4) is 0 Å². The van der Waals surface area contributed by atoms with Crippen molar-refractivity contribution in [3.05, 3.63) is 35.9 Å². The Morgan fingerprint density at radius 3 is 2.58 bits per heavy atom. The van der Waals surface area contributed by atoms with E-state index in [1.165, 1.54) is 12.8 Å². The first-order chi connectivity index (χ1) is 11.7. The Hall–Kier alpha value is -1.35. The van der Waals surface area contributed by atoms with Gasteiger partial charge in [0.15, 0.2) is 0 Å². The monoisotopic (exact) mass is 324 g/mol. The predicted octanol–water partition coefficient (Wildman–Crippen LogP) is 3.60. The summed E-state index contributed by atoms with van der Waals surface area (Å²) in [5.74, 6) is 4.69. The molecule has 1 saturated heterocycles. The summed E-state index contributed by atoms with van der Waals surface area (Å²) in [7, 11) is 0. The quantitative estimate of drug-likeness (QED) is 0.484. The molecule has 126 valence electrons. The highest BCUT2D eigenvalue weighted by Gasteiger charge is 2.73. The first-order valence-corrected chi connectivity index (χ1v) is 9.63. The van der Waals surface area contributed by atoms with Gasteiger partial charge in [-0.3, -0.25) is 4.79 Å². The number of carbonyl (C=O) groups is 1. The highest BCUT2D eigenvalue weighted by molar-refractivity contribution is 5.74. The number of hydrogen-bond acceptors (Lipinski definition) is 3. The molecule has 3 heteroatoms.